The molecule has 1 rings (SSSR count). The predicted molar refractivity (Wildman–Crippen MR) is 96.0 cm³/mol. The van der Waals surface area contributed by atoms with Gasteiger partial charge in [0.25, 0.3) is 0 Å². The van der Waals surface area contributed by atoms with E-state index in [0.29, 0.717) is 19.4 Å². The van der Waals surface area contributed by atoms with Gasteiger partial charge in [0.1, 0.15) is 0 Å². The number of carbonyl (C=O) groups excluding carboxylic acids is 1. The molecule has 0 amide bonds. The lowest BCUT2D eigenvalue weighted by Gasteiger charge is -2.31. The highest BCUT2D eigenvalue weighted by Gasteiger charge is 2.32. The van der Waals surface area contributed by atoms with Gasteiger partial charge in [0, 0.05) is 13.0 Å². The Labute approximate surface area is 135 Å². The summed E-state index contributed by atoms with van der Waals surface area (Å²) in [5.74, 6) is 0.238. The number of hydrogen-bond donors (Lipinski definition) is 1. The van der Waals surface area contributed by atoms with Crippen molar-refractivity contribution in [1.29, 1.82) is 0 Å². The van der Waals surface area contributed by atoms with Crippen LogP contribution in [0, 0.1) is 6.92 Å². The van der Waals surface area contributed by atoms with Gasteiger partial charge in [0.2, 0.25) is 0 Å². The van der Waals surface area contributed by atoms with Crippen molar-refractivity contribution in [3.05, 3.63) is 53.6 Å². The lowest BCUT2D eigenvalue weighted by molar-refractivity contribution is -0.124. The average Bonchev–Trinajstić information content (AvgIpc) is 2.50. The van der Waals surface area contributed by atoms with Crippen LogP contribution in [0.1, 0.15) is 51.7 Å². The molecular weight excluding hydrogens is 270 g/mol. The highest BCUT2D eigenvalue weighted by molar-refractivity contribution is 5.90. The predicted octanol–water partition coefficient (Wildman–Crippen LogP) is 4.69. The van der Waals surface area contributed by atoms with E-state index in [9.17, 15) is 4.79 Å². The molecule has 0 aliphatic carbocycles. The molecule has 0 saturated heterocycles. The fraction of sp³-hybridized carbons (Fsp3) is 0.450. The largest absolute Gasteiger partial charge is 0.301 e. The van der Waals surface area contributed by atoms with Crippen molar-refractivity contribution in [1.82, 2.24) is 5.32 Å². The summed E-state index contributed by atoms with van der Waals surface area (Å²) >= 11 is 0. The average molecular weight is 299 g/mol. The van der Waals surface area contributed by atoms with Crippen molar-refractivity contribution in [2.75, 3.05) is 6.54 Å². The number of carbonyl (C=O) groups is 1. The number of nitrogens with one attached hydrogen (secondary N) is 1. The van der Waals surface area contributed by atoms with Crippen LogP contribution in [-0.4, -0.2) is 17.9 Å². The Morgan fingerprint density at radius 2 is 2.00 bits per heavy atom. The maximum Gasteiger partial charge on any atom is 0.152 e. The van der Waals surface area contributed by atoms with Crippen LogP contribution < -0.4 is 5.32 Å². The second kappa shape index (κ2) is 8.09. The van der Waals surface area contributed by atoms with Gasteiger partial charge in [0.05, 0.1) is 5.54 Å². The van der Waals surface area contributed by atoms with Crippen LogP contribution in [0.25, 0.3) is 5.57 Å². The summed E-state index contributed by atoms with van der Waals surface area (Å²) in [5.41, 5.74) is 4.14. The van der Waals surface area contributed by atoms with Gasteiger partial charge in [0.15, 0.2) is 5.78 Å². The standard InChI is InChI=1S/C20H29NO/c1-7-17(18-12-10-9-11-16(18)5)13-20(6,19(22)8-2)21-14-15(3)4/h7,9-12,21H,3,8,13-14H2,1-2,4-6H3/b17-7-. The zero-order valence-corrected chi connectivity index (χ0v) is 14.6. The molecule has 0 aliphatic heterocycles. The molecule has 0 aliphatic rings. The molecule has 1 aromatic carbocycles. The Morgan fingerprint density at radius 1 is 1.36 bits per heavy atom. The minimum atomic E-state index is -0.558. The summed E-state index contributed by atoms with van der Waals surface area (Å²) in [5, 5.41) is 3.41. The topological polar surface area (TPSA) is 29.1 Å². The summed E-state index contributed by atoms with van der Waals surface area (Å²) < 4.78 is 0. The summed E-state index contributed by atoms with van der Waals surface area (Å²) in [4.78, 5) is 12.5. The Bertz CT molecular complexity index is 571. The van der Waals surface area contributed by atoms with E-state index >= 15 is 0 Å². The lowest BCUT2D eigenvalue weighted by atomic mass is 9.83. The maximum absolute atomic E-state index is 12.5. The first kappa shape index (κ1) is 18.4. The molecule has 0 heterocycles. The summed E-state index contributed by atoms with van der Waals surface area (Å²) in [6, 6.07) is 8.33. The fourth-order valence-corrected chi connectivity index (χ4v) is 2.66. The van der Waals surface area contributed by atoms with Gasteiger partial charge in [-0.2, -0.15) is 0 Å². The third-order valence-electron chi connectivity index (χ3n) is 4.10. The minimum Gasteiger partial charge on any atom is -0.301 e. The Kier molecular flexibility index (Phi) is 6.76. The van der Waals surface area contributed by atoms with Crippen LogP contribution in [0.4, 0.5) is 0 Å². The molecule has 0 fully saturated rings. The number of benzene rings is 1. The number of rotatable bonds is 8. The van der Waals surface area contributed by atoms with E-state index in [1.54, 1.807) is 0 Å². The Hall–Kier alpha value is -1.67. The summed E-state index contributed by atoms with van der Waals surface area (Å²) in [7, 11) is 0. The molecular formula is C20H29NO. The van der Waals surface area contributed by atoms with Crippen molar-refractivity contribution in [2.45, 2.75) is 53.0 Å². The summed E-state index contributed by atoms with van der Waals surface area (Å²) in [6.07, 6.45) is 3.34. The molecule has 1 N–H and O–H groups in total. The Balaban J connectivity index is 3.08. The van der Waals surface area contributed by atoms with Crippen molar-refractivity contribution >= 4 is 11.4 Å². The fourth-order valence-electron chi connectivity index (χ4n) is 2.66. The zero-order valence-electron chi connectivity index (χ0n) is 14.6. The lowest BCUT2D eigenvalue weighted by Crippen LogP contribution is -2.50. The molecule has 0 saturated carbocycles. The molecule has 2 heteroatoms. The second-order valence-electron chi connectivity index (χ2n) is 6.23. The molecule has 0 spiro atoms. The SMILES string of the molecule is C=C(C)CNC(C)(C/C(=C/C)c1ccccc1C)C(=O)CC. The van der Waals surface area contributed by atoms with Gasteiger partial charge in [-0.1, -0.05) is 49.4 Å². The van der Waals surface area contributed by atoms with E-state index < -0.39 is 5.54 Å². The number of allylic oxidation sites excluding steroid dienone is 1. The van der Waals surface area contributed by atoms with E-state index in [4.69, 9.17) is 0 Å². The number of hydrogen-bond acceptors (Lipinski definition) is 2. The third-order valence-corrected chi connectivity index (χ3v) is 4.10. The molecule has 0 bridgehead atoms. The van der Waals surface area contributed by atoms with E-state index in [1.165, 1.54) is 16.7 Å². The van der Waals surface area contributed by atoms with Gasteiger partial charge in [-0.05, 0) is 50.8 Å². The molecule has 0 aromatic heterocycles. The van der Waals surface area contributed by atoms with Gasteiger partial charge < -0.3 is 5.32 Å². The third kappa shape index (κ3) is 4.67. The van der Waals surface area contributed by atoms with Crippen LogP contribution in [0.2, 0.25) is 0 Å². The molecule has 1 atom stereocenters. The Morgan fingerprint density at radius 3 is 2.50 bits per heavy atom. The van der Waals surface area contributed by atoms with Crippen molar-refractivity contribution in [3.63, 3.8) is 0 Å². The normalized spacial score (nSPS) is 14.5. The molecule has 22 heavy (non-hydrogen) atoms. The first-order valence-electron chi connectivity index (χ1n) is 7.98. The van der Waals surface area contributed by atoms with Crippen molar-refractivity contribution in [3.8, 4) is 0 Å². The molecule has 120 valence electrons. The molecule has 0 radical (unpaired) electrons. The molecule has 1 unspecified atom stereocenters. The zero-order chi connectivity index (χ0) is 16.8. The van der Waals surface area contributed by atoms with Crippen LogP contribution >= 0.6 is 0 Å². The van der Waals surface area contributed by atoms with Crippen LogP contribution in [0.15, 0.2) is 42.5 Å². The van der Waals surface area contributed by atoms with E-state index in [2.05, 4.69) is 37.0 Å². The van der Waals surface area contributed by atoms with Crippen molar-refractivity contribution in [2.24, 2.45) is 0 Å². The van der Waals surface area contributed by atoms with E-state index in [1.807, 2.05) is 39.8 Å². The monoisotopic (exact) mass is 299 g/mol. The first-order chi connectivity index (χ1) is 10.3. The highest BCUT2D eigenvalue weighted by atomic mass is 16.1. The minimum absolute atomic E-state index is 0.238. The van der Waals surface area contributed by atoms with E-state index in [0.717, 1.165) is 5.57 Å². The maximum atomic E-state index is 12.5. The highest BCUT2D eigenvalue weighted by Crippen LogP contribution is 2.28. The quantitative estimate of drug-likeness (QED) is 0.705. The summed E-state index contributed by atoms with van der Waals surface area (Å²) in [6.45, 7) is 14.6. The number of Topliss-reactive ketones (excluding diaryl/α,β-unsaturated/α-hetero) is 1. The smallest absolute Gasteiger partial charge is 0.152 e. The molecule has 1 aromatic rings. The van der Waals surface area contributed by atoms with E-state index in [-0.39, 0.29) is 5.78 Å². The second-order valence-corrected chi connectivity index (χ2v) is 6.23. The van der Waals surface area contributed by atoms with Gasteiger partial charge in [-0.3, -0.25) is 4.79 Å². The number of ketones is 1. The van der Waals surface area contributed by atoms with Crippen LogP contribution in [0.3, 0.4) is 0 Å². The van der Waals surface area contributed by atoms with Gasteiger partial charge in [-0.15, -0.1) is 0 Å². The first-order valence-corrected chi connectivity index (χ1v) is 7.98. The molecule has 2 nitrogen and oxygen atoms in total. The van der Waals surface area contributed by atoms with Gasteiger partial charge >= 0.3 is 0 Å². The van der Waals surface area contributed by atoms with Crippen LogP contribution in [0.5, 0.6) is 0 Å². The van der Waals surface area contributed by atoms with Gasteiger partial charge in [-0.25, -0.2) is 0 Å². The van der Waals surface area contributed by atoms with Crippen molar-refractivity contribution < 1.29 is 4.79 Å². The number of aryl methyl sites for hydroxylation is 1. The van der Waals surface area contributed by atoms with Crippen LogP contribution in [-0.2, 0) is 4.79 Å².